The molecular weight excluding hydrogens is 406 g/mol. The Morgan fingerprint density at radius 1 is 0.903 bits per heavy atom. The van der Waals surface area contributed by atoms with Gasteiger partial charge in [-0.3, -0.25) is 4.57 Å². The number of nitrogens with zero attached hydrogens (tertiary/aromatic N) is 6. The summed E-state index contributed by atoms with van der Waals surface area (Å²) >= 11 is 0. The molecule has 162 valence electrons. The quantitative estimate of drug-likeness (QED) is 0.632. The lowest BCUT2D eigenvalue weighted by molar-refractivity contribution is -0.127. The van der Waals surface area contributed by atoms with Gasteiger partial charge < -0.3 is 19.3 Å². The zero-order chi connectivity index (χ0) is 21.0. The van der Waals surface area contributed by atoms with Crippen LogP contribution in [0.25, 0.3) is 17.0 Å². The fourth-order valence-corrected chi connectivity index (χ4v) is 4.53. The molecule has 0 N–H and O–H groups in total. The van der Waals surface area contributed by atoms with E-state index < -0.39 is 6.43 Å². The molecular formula is C21H22F2N6O2. The summed E-state index contributed by atoms with van der Waals surface area (Å²) in [7, 11) is 0. The molecule has 1 spiro atoms. The molecule has 0 saturated carbocycles. The van der Waals surface area contributed by atoms with E-state index in [4.69, 9.17) is 19.4 Å². The molecule has 0 bridgehead atoms. The standard InChI is InChI=1S/C21H22F2N6O2/c22-18(23)19-24-14-3-1-2-4-15(14)29(19)20-25-16(27-5-7-30-8-6-27)9-17(26-20)28-10-21(11-28)12-31-13-21/h1-4,9,18H,5-8,10-13H2. The molecule has 6 rings (SSSR count). The van der Waals surface area contributed by atoms with Crippen molar-refractivity contribution >= 4 is 22.7 Å². The van der Waals surface area contributed by atoms with Gasteiger partial charge in [-0.25, -0.2) is 13.8 Å². The SMILES string of the molecule is FC(F)c1nc2ccccc2n1-c1nc(N2CCOCC2)cc(N2CC3(COC3)C2)n1. The summed E-state index contributed by atoms with van der Waals surface area (Å²) in [5, 5.41) is 0. The van der Waals surface area contributed by atoms with Crippen molar-refractivity contribution in [2.45, 2.75) is 6.43 Å². The maximum atomic E-state index is 13.9. The fraction of sp³-hybridized carbons (Fsp3) is 0.476. The first kappa shape index (κ1) is 18.9. The van der Waals surface area contributed by atoms with Gasteiger partial charge in [0, 0.05) is 32.2 Å². The number of rotatable bonds is 4. The van der Waals surface area contributed by atoms with E-state index in [1.54, 1.807) is 24.3 Å². The van der Waals surface area contributed by atoms with Crippen molar-refractivity contribution in [1.29, 1.82) is 0 Å². The number of para-hydroxylation sites is 2. The number of ether oxygens (including phenoxy) is 2. The van der Waals surface area contributed by atoms with Gasteiger partial charge in [0.2, 0.25) is 5.95 Å². The van der Waals surface area contributed by atoms with Crippen molar-refractivity contribution in [2.24, 2.45) is 5.41 Å². The summed E-state index contributed by atoms with van der Waals surface area (Å²) in [6.45, 7) is 5.82. The molecule has 3 aromatic rings. The Balaban J connectivity index is 1.47. The molecule has 3 aliphatic rings. The van der Waals surface area contributed by atoms with Crippen molar-refractivity contribution in [3.05, 3.63) is 36.2 Å². The van der Waals surface area contributed by atoms with E-state index in [9.17, 15) is 8.78 Å². The Hall–Kier alpha value is -2.85. The Bertz CT molecular complexity index is 1120. The zero-order valence-corrected chi connectivity index (χ0v) is 16.9. The predicted molar refractivity (Wildman–Crippen MR) is 110 cm³/mol. The van der Waals surface area contributed by atoms with Gasteiger partial charge in [-0.1, -0.05) is 12.1 Å². The van der Waals surface area contributed by atoms with E-state index in [2.05, 4.69) is 14.8 Å². The van der Waals surface area contributed by atoms with Gasteiger partial charge >= 0.3 is 0 Å². The minimum Gasteiger partial charge on any atom is -0.380 e. The van der Waals surface area contributed by atoms with Crippen LogP contribution in [0, 0.1) is 5.41 Å². The number of alkyl halides is 2. The number of halogens is 2. The zero-order valence-electron chi connectivity index (χ0n) is 16.9. The predicted octanol–water partition coefficient (Wildman–Crippen LogP) is 2.43. The van der Waals surface area contributed by atoms with E-state index in [-0.39, 0.29) is 17.2 Å². The average Bonchev–Trinajstić information content (AvgIpc) is 3.12. The molecule has 0 atom stereocenters. The molecule has 2 aromatic heterocycles. The third kappa shape index (κ3) is 3.12. The van der Waals surface area contributed by atoms with E-state index in [1.165, 1.54) is 4.57 Å². The molecule has 3 aliphatic heterocycles. The van der Waals surface area contributed by atoms with Gasteiger partial charge in [0.05, 0.1) is 42.9 Å². The van der Waals surface area contributed by atoms with E-state index in [0.29, 0.717) is 43.2 Å². The normalized spacial score (nSPS) is 20.4. The number of morpholine rings is 1. The van der Waals surface area contributed by atoms with Gasteiger partial charge in [-0.15, -0.1) is 0 Å². The van der Waals surface area contributed by atoms with Crippen LogP contribution in [0.4, 0.5) is 20.4 Å². The monoisotopic (exact) mass is 428 g/mol. The van der Waals surface area contributed by atoms with Crippen molar-refractivity contribution in [2.75, 3.05) is 62.4 Å². The molecule has 0 unspecified atom stereocenters. The third-order valence-electron chi connectivity index (χ3n) is 6.20. The van der Waals surface area contributed by atoms with Gasteiger partial charge in [-0.05, 0) is 12.1 Å². The van der Waals surface area contributed by atoms with Gasteiger partial charge in [0.1, 0.15) is 11.6 Å². The first-order valence-electron chi connectivity index (χ1n) is 10.4. The van der Waals surface area contributed by atoms with Crippen LogP contribution in [0.15, 0.2) is 30.3 Å². The van der Waals surface area contributed by atoms with E-state index >= 15 is 0 Å². The van der Waals surface area contributed by atoms with E-state index in [1.807, 2.05) is 6.07 Å². The molecule has 0 aliphatic carbocycles. The molecule has 3 fully saturated rings. The van der Waals surface area contributed by atoms with Crippen molar-refractivity contribution in [3.8, 4) is 5.95 Å². The first-order chi connectivity index (χ1) is 15.1. The second-order valence-corrected chi connectivity index (χ2v) is 8.43. The molecule has 10 heteroatoms. The van der Waals surface area contributed by atoms with Gasteiger partial charge in [0.25, 0.3) is 6.43 Å². The Morgan fingerprint density at radius 2 is 1.61 bits per heavy atom. The van der Waals surface area contributed by atoms with Crippen LogP contribution in [-0.4, -0.2) is 72.1 Å². The van der Waals surface area contributed by atoms with Crippen molar-refractivity contribution in [1.82, 2.24) is 19.5 Å². The maximum Gasteiger partial charge on any atom is 0.296 e. The summed E-state index contributed by atoms with van der Waals surface area (Å²) < 4.78 is 40.0. The Labute approximate surface area is 177 Å². The lowest BCUT2D eigenvalue weighted by Gasteiger charge is -2.55. The van der Waals surface area contributed by atoms with Gasteiger partial charge in [0.15, 0.2) is 5.82 Å². The minimum atomic E-state index is -2.74. The highest BCUT2D eigenvalue weighted by Crippen LogP contribution is 2.40. The van der Waals surface area contributed by atoms with Crippen LogP contribution < -0.4 is 9.80 Å². The highest BCUT2D eigenvalue weighted by molar-refractivity contribution is 5.78. The molecule has 8 nitrogen and oxygen atoms in total. The summed E-state index contributed by atoms with van der Waals surface area (Å²) in [5.41, 5.74) is 1.27. The summed E-state index contributed by atoms with van der Waals surface area (Å²) in [4.78, 5) is 17.8. The highest BCUT2D eigenvalue weighted by atomic mass is 19.3. The number of hydrogen-bond donors (Lipinski definition) is 0. The average molecular weight is 428 g/mol. The Kier molecular flexibility index (Phi) is 4.32. The van der Waals surface area contributed by atoms with Crippen LogP contribution >= 0.6 is 0 Å². The van der Waals surface area contributed by atoms with Crippen LogP contribution in [-0.2, 0) is 9.47 Å². The molecule has 0 radical (unpaired) electrons. The number of anilines is 2. The largest absolute Gasteiger partial charge is 0.380 e. The molecule has 1 aromatic carbocycles. The lowest BCUT2D eigenvalue weighted by Crippen LogP contribution is -2.66. The molecule has 3 saturated heterocycles. The third-order valence-corrected chi connectivity index (χ3v) is 6.20. The van der Waals surface area contributed by atoms with Gasteiger partial charge in [-0.2, -0.15) is 9.97 Å². The van der Waals surface area contributed by atoms with Crippen LogP contribution in [0.1, 0.15) is 12.2 Å². The maximum absolute atomic E-state index is 13.9. The van der Waals surface area contributed by atoms with Crippen LogP contribution in [0.5, 0.6) is 0 Å². The number of aromatic nitrogens is 4. The minimum absolute atomic E-state index is 0.208. The van der Waals surface area contributed by atoms with Crippen molar-refractivity contribution in [3.63, 3.8) is 0 Å². The second kappa shape index (κ2) is 7.10. The van der Waals surface area contributed by atoms with Crippen molar-refractivity contribution < 1.29 is 18.3 Å². The second-order valence-electron chi connectivity index (χ2n) is 8.43. The smallest absolute Gasteiger partial charge is 0.296 e. The lowest BCUT2D eigenvalue weighted by atomic mass is 9.78. The van der Waals surface area contributed by atoms with E-state index in [0.717, 1.165) is 32.1 Å². The van der Waals surface area contributed by atoms with Crippen LogP contribution in [0.2, 0.25) is 0 Å². The number of benzene rings is 1. The Morgan fingerprint density at radius 3 is 2.29 bits per heavy atom. The topological polar surface area (TPSA) is 68.5 Å². The summed E-state index contributed by atoms with van der Waals surface area (Å²) in [6.07, 6.45) is -2.74. The fourth-order valence-electron chi connectivity index (χ4n) is 4.53. The molecule has 31 heavy (non-hydrogen) atoms. The number of hydrogen-bond acceptors (Lipinski definition) is 7. The number of imidazole rings is 1. The summed E-state index contributed by atoms with van der Waals surface area (Å²) in [6, 6.07) is 9.02. The first-order valence-corrected chi connectivity index (χ1v) is 10.4. The number of fused-ring (bicyclic) bond motifs is 1. The summed E-state index contributed by atoms with van der Waals surface area (Å²) in [5.74, 6) is 1.32. The highest BCUT2D eigenvalue weighted by Gasteiger charge is 2.49. The molecule has 0 amide bonds. The molecule has 5 heterocycles. The van der Waals surface area contributed by atoms with Crippen LogP contribution in [0.3, 0.4) is 0 Å².